The summed E-state index contributed by atoms with van der Waals surface area (Å²) >= 11 is 0. The van der Waals surface area contributed by atoms with Gasteiger partial charge in [-0.05, 0) is 19.4 Å². The molecule has 0 aliphatic carbocycles. The molecule has 0 spiro atoms. The molecule has 2 heterocycles. The second-order valence-electron chi connectivity index (χ2n) is 4.40. The molecule has 5 nitrogen and oxygen atoms in total. The number of hydrogen-bond acceptors (Lipinski definition) is 3. The summed E-state index contributed by atoms with van der Waals surface area (Å²) in [5.41, 5.74) is 0. The Bertz CT molecular complexity index is 349. The van der Waals surface area contributed by atoms with Crippen molar-refractivity contribution in [1.82, 2.24) is 20.0 Å². The van der Waals surface area contributed by atoms with E-state index in [1.807, 2.05) is 24.0 Å². The van der Waals surface area contributed by atoms with Crippen molar-refractivity contribution >= 4 is 5.91 Å². The van der Waals surface area contributed by atoms with Gasteiger partial charge in [-0.1, -0.05) is 0 Å². The first kappa shape index (κ1) is 11.1. The van der Waals surface area contributed by atoms with E-state index in [-0.39, 0.29) is 18.0 Å². The Morgan fingerprint density at radius 2 is 2.50 bits per heavy atom. The van der Waals surface area contributed by atoms with Gasteiger partial charge in [-0.25, -0.2) is 0 Å². The topological polar surface area (TPSA) is 50.2 Å². The van der Waals surface area contributed by atoms with Crippen LogP contribution in [-0.4, -0.2) is 46.3 Å². The van der Waals surface area contributed by atoms with Crippen LogP contribution < -0.4 is 5.32 Å². The SMILES string of the molecule is CC(Cn1cccn1)NC1CCN(C)C1=O. The highest BCUT2D eigenvalue weighted by molar-refractivity contribution is 5.83. The highest BCUT2D eigenvalue weighted by atomic mass is 16.2. The van der Waals surface area contributed by atoms with Crippen molar-refractivity contribution in [3.63, 3.8) is 0 Å². The smallest absolute Gasteiger partial charge is 0.239 e. The Morgan fingerprint density at radius 3 is 3.06 bits per heavy atom. The van der Waals surface area contributed by atoms with E-state index in [9.17, 15) is 4.79 Å². The maximum Gasteiger partial charge on any atom is 0.239 e. The highest BCUT2D eigenvalue weighted by Gasteiger charge is 2.29. The molecule has 1 amide bonds. The number of rotatable bonds is 4. The Hall–Kier alpha value is -1.36. The number of likely N-dealkylation sites (N-methyl/N-ethyl adjacent to an activating group) is 1. The summed E-state index contributed by atoms with van der Waals surface area (Å²) in [6, 6.07) is 2.14. The molecule has 1 N–H and O–H groups in total. The zero-order valence-corrected chi connectivity index (χ0v) is 9.76. The van der Waals surface area contributed by atoms with Crippen LogP contribution in [0.3, 0.4) is 0 Å². The summed E-state index contributed by atoms with van der Waals surface area (Å²) in [6.45, 7) is 3.72. The van der Waals surface area contributed by atoms with Crippen molar-refractivity contribution in [3.05, 3.63) is 18.5 Å². The Balaban J connectivity index is 1.83. The van der Waals surface area contributed by atoms with Gasteiger partial charge in [0.15, 0.2) is 0 Å². The fourth-order valence-corrected chi connectivity index (χ4v) is 2.06. The van der Waals surface area contributed by atoms with Crippen molar-refractivity contribution in [1.29, 1.82) is 0 Å². The number of amides is 1. The molecule has 0 radical (unpaired) electrons. The molecule has 0 aromatic carbocycles. The number of likely N-dealkylation sites (tertiary alicyclic amines) is 1. The maximum absolute atomic E-state index is 11.7. The van der Waals surface area contributed by atoms with E-state index in [1.165, 1.54) is 0 Å². The molecule has 88 valence electrons. The van der Waals surface area contributed by atoms with Crippen LogP contribution in [0.5, 0.6) is 0 Å². The summed E-state index contributed by atoms with van der Waals surface area (Å²) < 4.78 is 1.88. The molecule has 2 rings (SSSR count). The average molecular weight is 222 g/mol. The van der Waals surface area contributed by atoms with Gasteiger partial charge < -0.3 is 10.2 Å². The molecule has 2 unspecified atom stereocenters. The van der Waals surface area contributed by atoms with Crippen LogP contribution in [0.2, 0.25) is 0 Å². The molecule has 1 aromatic rings. The van der Waals surface area contributed by atoms with Crippen molar-refractivity contribution in [2.24, 2.45) is 0 Å². The standard InChI is InChI=1S/C11H18N4O/c1-9(8-15-6-3-5-12-15)13-10-4-7-14(2)11(10)16/h3,5-6,9-10,13H,4,7-8H2,1-2H3. The zero-order chi connectivity index (χ0) is 11.5. The molecular weight excluding hydrogens is 204 g/mol. The predicted octanol–water partition coefficient (Wildman–Crippen LogP) is 0.0919. The lowest BCUT2D eigenvalue weighted by Gasteiger charge is -2.18. The Labute approximate surface area is 95.4 Å². The van der Waals surface area contributed by atoms with Gasteiger partial charge >= 0.3 is 0 Å². The maximum atomic E-state index is 11.7. The van der Waals surface area contributed by atoms with Gasteiger partial charge in [0.2, 0.25) is 5.91 Å². The number of aromatic nitrogens is 2. The Morgan fingerprint density at radius 1 is 1.69 bits per heavy atom. The first-order chi connectivity index (χ1) is 7.66. The average Bonchev–Trinajstić information content (AvgIpc) is 2.83. The lowest BCUT2D eigenvalue weighted by Crippen LogP contribution is -2.43. The third-order valence-electron chi connectivity index (χ3n) is 2.93. The molecule has 1 aliphatic heterocycles. The monoisotopic (exact) mass is 222 g/mol. The van der Waals surface area contributed by atoms with Crippen LogP contribution in [0, 0.1) is 0 Å². The predicted molar refractivity (Wildman–Crippen MR) is 60.9 cm³/mol. The lowest BCUT2D eigenvalue weighted by molar-refractivity contribution is -0.128. The van der Waals surface area contributed by atoms with E-state index in [0.29, 0.717) is 0 Å². The van der Waals surface area contributed by atoms with Gasteiger partial charge in [0.1, 0.15) is 0 Å². The molecule has 0 bridgehead atoms. The van der Waals surface area contributed by atoms with Crippen LogP contribution in [0.25, 0.3) is 0 Å². The van der Waals surface area contributed by atoms with Crippen molar-refractivity contribution < 1.29 is 4.79 Å². The number of nitrogens with zero attached hydrogens (tertiary/aromatic N) is 3. The number of hydrogen-bond donors (Lipinski definition) is 1. The summed E-state index contributed by atoms with van der Waals surface area (Å²) in [4.78, 5) is 13.5. The minimum atomic E-state index is -0.0180. The summed E-state index contributed by atoms with van der Waals surface area (Å²) in [7, 11) is 1.85. The van der Waals surface area contributed by atoms with E-state index >= 15 is 0 Å². The third-order valence-corrected chi connectivity index (χ3v) is 2.93. The second-order valence-corrected chi connectivity index (χ2v) is 4.40. The first-order valence-electron chi connectivity index (χ1n) is 5.65. The van der Waals surface area contributed by atoms with Gasteiger partial charge in [0, 0.05) is 32.0 Å². The largest absolute Gasteiger partial charge is 0.344 e. The van der Waals surface area contributed by atoms with E-state index in [1.54, 1.807) is 11.1 Å². The third kappa shape index (κ3) is 2.41. The molecule has 16 heavy (non-hydrogen) atoms. The Kier molecular flexibility index (Phi) is 3.24. The van der Waals surface area contributed by atoms with Crippen LogP contribution >= 0.6 is 0 Å². The van der Waals surface area contributed by atoms with Gasteiger partial charge in [0.25, 0.3) is 0 Å². The van der Waals surface area contributed by atoms with Crippen LogP contribution in [0.1, 0.15) is 13.3 Å². The molecule has 5 heteroatoms. The normalized spacial score (nSPS) is 22.8. The molecule has 2 atom stereocenters. The molecule has 0 saturated carbocycles. The van der Waals surface area contributed by atoms with Gasteiger partial charge in [-0.3, -0.25) is 9.48 Å². The van der Waals surface area contributed by atoms with E-state index in [0.717, 1.165) is 19.5 Å². The fraction of sp³-hybridized carbons (Fsp3) is 0.636. The lowest BCUT2D eigenvalue weighted by atomic mass is 10.2. The van der Waals surface area contributed by atoms with Gasteiger partial charge in [0.05, 0.1) is 12.6 Å². The summed E-state index contributed by atoms with van der Waals surface area (Å²) in [5, 5.41) is 7.49. The molecule has 1 fully saturated rings. The van der Waals surface area contributed by atoms with Crippen molar-refractivity contribution in [3.8, 4) is 0 Å². The molecule has 1 aromatic heterocycles. The van der Waals surface area contributed by atoms with Gasteiger partial charge in [-0.15, -0.1) is 0 Å². The quantitative estimate of drug-likeness (QED) is 0.785. The van der Waals surface area contributed by atoms with E-state index < -0.39 is 0 Å². The number of carbonyl (C=O) groups is 1. The van der Waals surface area contributed by atoms with Crippen molar-refractivity contribution in [2.75, 3.05) is 13.6 Å². The minimum absolute atomic E-state index is 0.0180. The molecule has 1 saturated heterocycles. The zero-order valence-electron chi connectivity index (χ0n) is 9.76. The summed E-state index contributed by atoms with van der Waals surface area (Å²) in [6.07, 6.45) is 4.60. The number of carbonyl (C=O) groups excluding carboxylic acids is 1. The fourth-order valence-electron chi connectivity index (χ4n) is 2.06. The number of nitrogens with one attached hydrogen (secondary N) is 1. The first-order valence-corrected chi connectivity index (χ1v) is 5.65. The minimum Gasteiger partial charge on any atom is -0.344 e. The van der Waals surface area contributed by atoms with Crippen LogP contribution in [0.4, 0.5) is 0 Å². The van der Waals surface area contributed by atoms with E-state index in [4.69, 9.17) is 0 Å². The van der Waals surface area contributed by atoms with Gasteiger partial charge in [-0.2, -0.15) is 5.10 Å². The summed E-state index contributed by atoms with van der Waals surface area (Å²) in [5.74, 6) is 0.201. The van der Waals surface area contributed by atoms with E-state index in [2.05, 4.69) is 17.3 Å². The van der Waals surface area contributed by atoms with Crippen LogP contribution in [0.15, 0.2) is 18.5 Å². The second kappa shape index (κ2) is 4.65. The molecule has 1 aliphatic rings. The molecular formula is C11H18N4O. The van der Waals surface area contributed by atoms with Crippen LogP contribution in [-0.2, 0) is 11.3 Å². The highest BCUT2D eigenvalue weighted by Crippen LogP contribution is 2.09. The van der Waals surface area contributed by atoms with Crippen molar-refractivity contribution in [2.45, 2.75) is 32.0 Å².